The molecule has 6 heteroatoms. The van der Waals surface area contributed by atoms with Crippen LogP contribution < -0.4 is 5.32 Å². The van der Waals surface area contributed by atoms with Gasteiger partial charge >= 0.3 is 0 Å². The van der Waals surface area contributed by atoms with Gasteiger partial charge in [0.25, 0.3) is 5.91 Å². The zero-order chi connectivity index (χ0) is 18.0. The molecule has 4 nitrogen and oxygen atoms in total. The van der Waals surface area contributed by atoms with Crippen molar-refractivity contribution in [2.75, 3.05) is 5.32 Å². The van der Waals surface area contributed by atoms with E-state index in [9.17, 15) is 13.6 Å². The Morgan fingerprint density at radius 3 is 2.56 bits per heavy atom. The molecule has 0 bridgehead atoms. The number of amides is 1. The number of nitrogens with zero attached hydrogens (tertiary/aromatic N) is 2. The van der Waals surface area contributed by atoms with Gasteiger partial charge in [0, 0.05) is 35.3 Å². The molecule has 2 aromatic heterocycles. The van der Waals surface area contributed by atoms with Gasteiger partial charge in [-0.2, -0.15) is 0 Å². The van der Waals surface area contributed by atoms with Crippen molar-refractivity contribution in [1.82, 2.24) is 9.97 Å². The smallest absolute Gasteiger partial charge is 0.259 e. The fraction of sp³-hybridized carbons (Fsp3) is 0.105. The molecule has 0 aliphatic heterocycles. The number of carbonyl (C=O) groups is 1. The lowest BCUT2D eigenvalue weighted by molar-refractivity contribution is 0.102. The van der Waals surface area contributed by atoms with Gasteiger partial charge < -0.3 is 5.32 Å². The van der Waals surface area contributed by atoms with E-state index in [1.165, 1.54) is 12.3 Å². The summed E-state index contributed by atoms with van der Waals surface area (Å²) in [5, 5.41) is 2.52. The van der Waals surface area contributed by atoms with Crippen molar-refractivity contribution in [2.45, 2.75) is 13.8 Å². The predicted octanol–water partition coefficient (Wildman–Crippen LogP) is 4.29. The Morgan fingerprint density at radius 2 is 1.84 bits per heavy atom. The molecule has 1 N–H and O–H groups in total. The fourth-order valence-corrected chi connectivity index (χ4v) is 2.47. The van der Waals surface area contributed by atoms with E-state index in [-0.39, 0.29) is 11.1 Å². The zero-order valence-corrected chi connectivity index (χ0v) is 13.7. The molecule has 0 radical (unpaired) electrons. The van der Waals surface area contributed by atoms with Crippen molar-refractivity contribution < 1.29 is 13.6 Å². The number of benzene rings is 1. The maximum absolute atomic E-state index is 14.2. The largest absolute Gasteiger partial charge is 0.306 e. The van der Waals surface area contributed by atoms with Crippen LogP contribution in [0.1, 0.15) is 21.6 Å². The van der Waals surface area contributed by atoms with Crippen LogP contribution in [-0.2, 0) is 0 Å². The van der Waals surface area contributed by atoms with E-state index in [1.54, 1.807) is 44.3 Å². The Labute approximate surface area is 143 Å². The Balaban J connectivity index is 2.00. The van der Waals surface area contributed by atoms with Crippen LogP contribution in [0.3, 0.4) is 0 Å². The predicted molar refractivity (Wildman–Crippen MR) is 91.3 cm³/mol. The van der Waals surface area contributed by atoms with Crippen LogP contribution in [-0.4, -0.2) is 15.9 Å². The number of pyridine rings is 2. The summed E-state index contributed by atoms with van der Waals surface area (Å²) in [7, 11) is 0. The molecule has 1 aromatic carbocycles. The van der Waals surface area contributed by atoms with Crippen molar-refractivity contribution in [2.24, 2.45) is 0 Å². The van der Waals surface area contributed by atoms with Gasteiger partial charge in [-0.25, -0.2) is 13.8 Å². The molecule has 126 valence electrons. The van der Waals surface area contributed by atoms with Crippen LogP contribution in [0.5, 0.6) is 0 Å². The summed E-state index contributed by atoms with van der Waals surface area (Å²) in [5.41, 5.74) is 1.84. The molecule has 0 saturated carbocycles. The van der Waals surface area contributed by atoms with Crippen LogP contribution in [0.2, 0.25) is 0 Å². The molecule has 25 heavy (non-hydrogen) atoms. The first-order chi connectivity index (χ1) is 12.0. The van der Waals surface area contributed by atoms with E-state index >= 15 is 0 Å². The van der Waals surface area contributed by atoms with Gasteiger partial charge in [0.15, 0.2) is 0 Å². The number of nitrogens with one attached hydrogen (secondary N) is 1. The molecule has 0 aliphatic carbocycles. The summed E-state index contributed by atoms with van der Waals surface area (Å²) in [6.45, 7) is 3.56. The Bertz CT molecular complexity index is 957. The highest BCUT2D eigenvalue weighted by Gasteiger charge is 2.18. The van der Waals surface area contributed by atoms with Gasteiger partial charge in [-0.1, -0.05) is 6.07 Å². The van der Waals surface area contributed by atoms with E-state index in [0.29, 0.717) is 23.1 Å². The number of anilines is 1. The van der Waals surface area contributed by atoms with Crippen molar-refractivity contribution in [3.05, 3.63) is 77.2 Å². The highest BCUT2D eigenvalue weighted by Crippen LogP contribution is 2.28. The van der Waals surface area contributed by atoms with Gasteiger partial charge in [0.05, 0.1) is 5.56 Å². The number of halogens is 2. The number of hydrogen-bond acceptors (Lipinski definition) is 3. The highest BCUT2D eigenvalue weighted by atomic mass is 19.1. The van der Waals surface area contributed by atoms with Crippen molar-refractivity contribution in [1.29, 1.82) is 0 Å². The number of hydrogen-bond donors (Lipinski definition) is 1. The van der Waals surface area contributed by atoms with Gasteiger partial charge in [-0.15, -0.1) is 0 Å². The van der Waals surface area contributed by atoms with Crippen LogP contribution in [0.15, 0.2) is 48.8 Å². The topological polar surface area (TPSA) is 54.9 Å². The lowest BCUT2D eigenvalue weighted by Gasteiger charge is -2.11. The third-order valence-electron chi connectivity index (χ3n) is 3.76. The minimum atomic E-state index is -0.937. The molecule has 0 fully saturated rings. The van der Waals surface area contributed by atoms with Gasteiger partial charge in [0.1, 0.15) is 17.5 Å². The minimum Gasteiger partial charge on any atom is -0.306 e. The monoisotopic (exact) mass is 339 g/mol. The maximum atomic E-state index is 14.2. The number of rotatable bonds is 3. The maximum Gasteiger partial charge on any atom is 0.259 e. The third-order valence-corrected chi connectivity index (χ3v) is 3.76. The van der Waals surface area contributed by atoms with Gasteiger partial charge in [0.2, 0.25) is 0 Å². The first-order valence-corrected chi connectivity index (χ1v) is 7.61. The van der Waals surface area contributed by atoms with Crippen molar-refractivity contribution in [3.63, 3.8) is 0 Å². The molecule has 2 heterocycles. The van der Waals surface area contributed by atoms with Gasteiger partial charge in [-0.3, -0.25) is 9.78 Å². The summed E-state index contributed by atoms with van der Waals surface area (Å²) >= 11 is 0. The molecule has 3 aromatic rings. The molecular weight excluding hydrogens is 324 g/mol. The summed E-state index contributed by atoms with van der Waals surface area (Å²) in [5.74, 6) is -2.09. The highest BCUT2D eigenvalue weighted by molar-refractivity contribution is 6.04. The van der Waals surface area contributed by atoms with Crippen LogP contribution in [0.25, 0.3) is 11.1 Å². The molecule has 0 saturated heterocycles. The second kappa shape index (κ2) is 6.76. The lowest BCUT2D eigenvalue weighted by Crippen LogP contribution is -2.15. The van der Waals surface area contributed by atoms with E-state index in [1.807, 2.05) is 0 Å². The zero-order valence-electron chi connectivity index (χ0n) is 13.7. The van der Waals surface area contributed by atoms with E-state index in [0.717, 1.165) is 5.56 Å². The van der Waals surface area contributed by atoms with E-state index in [4.69, 9.17) is 0 Å². The molecule has 0 atom stereocenters. The molecule has 0 aliphatic rings. The molecule has 0 unspecified atom stereocenters. The second-order valence-corrected chi connectivity index (χ2v) is 5.62. The Kier molecular flexibility index (Phi) is 4.52. The number of aromatic nitrogens is 2. The van der Waals surface area contributed by atoms with Crippen molar-refractivity contribution in [3.8, 4) is 11.1 Å². The molecule has 1 amide bonds. The Hall–Kier alpha value is -3.15. The summed E-state index contributed by atoms with van der Waals surface area (Å²) in [6, 6.07) is 8.72. The number of carbonyl (C=O) groups excluding carboxylic acids is 1. The Morgan fingerprint density at radius 1 is 1.04 bits per heavy atom. The first kappa shape index (κ1) is 16.7. The minimum absolute atomic E-state index is 0.120. The third kappa shape index (κ3) is 3.52. The summed E-state index contributed by atoms with van der Waals surface area (Å²) in [4.78, 5) is 20.5. The standard InChI is InChI=1S/C19H15F2N3O/c1-11-6-7-22-10-15(11)13-8-14(17(21)9-16(13)20)19(25)24-18-5-3-4-12(2)23-18/h3-10H,1-2H3,(H,23,24,25). The summed E-state index contributed by atoms with van der Waals surface area (Å²) in [6.07, 6.45) is 3.06. The quantitative estimate of drug-likeness (QED) is 0.774. The van der Waals surface area contributed by atoms with Gasteiger partial charge in [-0.05, 0) is 43.7 Å². The van der Waals surface area contributed by atoms with E-state index < -0.39 is 17.5 Å². The second-order valence-electron chi connectivity index (χ2n) is 5.62. The molecule has 3 rings (SSSR count). The molecular formula is C19H15F2N3O. The SMILES string of the molecule is Cc1cccc(NC(=O)c2cc(-c3cnccc3C)c(F)cc2F)n1. The summed E-state index contributed by atoms with van der Waals surface area (Å²) < 4.78 is 28.4. The van der Waals surface area contributed by atoms with Crippen LogP contribution in [0, 0.1) is 25.5 Å². The number of aryl methyl sites for hydroxylation is 2. The average molecular weight is 339 g/mol. The first-order valence-electron chi connectivity index (χ1n) is 7.61. The van der Waals surface area contributed by atoms with Crippen LogP contribution >= 0.6 is 0 Å². The fourth-order valence-electron chi connectivity index (χ4n) is 2.47. The lowest BCUT2D eigenvalue weighted by atomic mass is 9.99. The normalized spacial score (nSPS) is 10.6. The van der Waals surface area contributed by atoms with E-state index in [2.05, 4.69) is 15.3 Å². The molecule has 0 spiro atoms. The van der Waals surface area contributed by atoms with Crippen LogP contribution in [0.4, 0.5) is 14.6 Å². The average Bonchev–Trinajstić information content (AvgIpc) is 2.56. The van der Waals surface area contributed by atoms with Crippen molar-refractivity contribution >= 4 is 11.7 Å².